The van der Waals surface area contributed by atoms with Gasteiger partial charge in [-0.05, 0) is 19.1 Å². The van der Waals surface area contributed by atoms with E-state index in [-0.39, 0.29) is 5.96 Å². The minimum Gasteiger partial charge on any atom is -0.370 e. The van der Waals surface area contributed by atoms with Crippen molar-refractivity contribution in [1.29, 1.82) is 0 Å². The molecule has 1 rings (SSSR count). The minimum absolute atomic E-state index is 0.209. The van der Waals surface area contributed by atoms with Crippen molar-refractivity contribution in [3.05, 3.63) is 0 Å². The van der Waals surface area contributed by atoms with Crippen LogP contribution in [0.1, 0.15) is 12.8 Å². The summed E-state index contributed by atoms with van der Waals surface area (Å²) in [5, 5.41) is 0. The summed E-state index contributed by atoms with van der Waals surface area (Å²) in [5.74, 6) is 0.209. The molecule has 1 aliphatic rings. The predicted octanol–water partition coefficient (Wildman–Crippen LogP) is 0.155. The largest absolute Gasteiger partial charge is 0.370 e. The molecule has 1 fully saturated rings. The van der Waals surface area contributed by atoms with Crippen LogP contribution in [0.15, 0.2) is 4.99 Å². The summed E-state index contributed by atoms with van der Waals surface area (Å²) in [6.45, 7) is 0.788. The van der Waals surface area contributed by atoms with Gasteiger partial charge in [-0.15, -0.1) is 0 Å². The van der Waals surface area contributed by atoms with E-state index in [1.165, 1.54) is 12.8 Å². The van der Waals surface area contributed by atoms with E-state index in [9.17, 15) is 0 Å². The van der Waals surface area contributed by atoms with Gasteiger partial charge in [0, 0.05) is 4.75 Å². The average Bonchev–Trinajstić information content (AvgIpc) is 2.64. The summed E-state index contributed by atoms with van der Waals surface area (Å²) in [7, 11) is 0. The molecule has 0 amide bonds. The van der Waals surface area contributed by atoms with Gasteiger partial charge >= 0.3 is 0 Å². The molecule has 0 unspecified atom stereocenters. The first-order chi connectivity index (χ1) is 4.68. The summed E-state index contributed by atoms with van der Waals surface area (Å²) in [6.07, 6.45) is 4.62. The molecule has 0 heterocycles. The molecule has 4 heteroatoms. The molecule has 0 saturated heterocycles. The van der Waals surface area contributed by atoms with Crippen LogP contribution >= 0.6 is 11.8 Å². The van der Waals surface area contributed by atoms with Crippen molar-refractivity contribution < 1.29 is 0 Å². The van der Waals surface area contributed by atoms with Crippen molar-refractivity contribution in [3.63, 3.8) is 0 Å². The monoisotopic (exact) mass is 159 g/mol. The van der Waals surface area contributed by atoms with E-state index in [0.29, 0.717) is 4.75 Å². The van der Waals surface area contributed by atoms with Crippen LogP contribution in [-0.4, -0.2) is 23.5 Å². The van der Waals surface area contributed by atoms with Crippen LogP contribution < -0.4 is 11.5 Å². The highest BCUT2D eigenvalue weighted by atomic mass is 32.2. The van der Waals surface area contributed by atoms with Gasteiger partial charge < -0.3 is 11.5 Å². The Morgan fingerprint density at radius 3 is 2.50 bits per heavy atom. The molecule has 0 aromatic rings. The van der Waals surface area contributed by atoms with E-state index in [1.807, 2.05) is 11.8 Å². The second kappa shape index (κ2) is 2.70. The minimum atomic E-state index is 0.209. The van der Waals surface area contributed by atoms with E-state index in [4.69, 9.17) is 11.5 Å². The Labute approximate surface area is 65.3 Å². The van der Waals surface area contributed by atoms with Gasteiger partial charge in [-0.3, -0.25) is 4.99 Å². The number of nitrogens with two attached hydrogens (primary N) is 2. The molecule has 0 spiro atoms. The molecule has 1 saturated carbocycles. The van der Waals surface area contributed by atoms with E-state index in [2.05, 4.69) is 11.2 Å². The third-order valence-electron chi connectivity index (χ3n) is 1.79. The zero-order chi connectivity index (χ0) is 7.61. The third-order valence-corrected chi connectivity index (χ3v) is 3.19. The van der Waals surface area contributed by atoms with E-state index >= 15 is 0 Å². The van der Waals surface area contributed by atoms with Crippen molar-refractivity contribution in [2.24, 2.45) is 16.5 Å². The summed E-state index contributed by atoms with van der Waals surface area (Å²) in [6, 6.07) is 0. The molecule has 3 nitrogen and oxygen atoms in total. The zero-order valence-electron chi connectivity index (χ0n) is 6.13. The molecule has 0 aliphatic heterocycles. The van der Waals surface area contributed by atoms with Crippen LogP contribution in [0, 0.1) is 0 Å². The lowest BCUT2D eigenvalue weighted by molar-refractivity contribution is 0.899. The van der Waals surface area contributed by atoms with Crippen molar-refractivity contribution in [3.8, 4) is 0 Å². The fourth-order valence-electron chi connectivity index (χ4n) is 0.802. The lowest BCUT2D eigenvalue weighted by Gasteiger charge is -2.06. The molecule has 0 aromatic carbocycles. The topological polar surface area (TPSA) is 64.4 Å². The molecule has 58 valence electrons. The van der Waals surface area contributed by atoms with Crippen molar-refractivity contribution in [2.45, 2.75) is 17.6 Å². The van der Waals surface area contributed by atoms with E-state index in [0.717, 1.165) is 6.54 Å². The van der Waals surface area contributed by atoms with Gasteiger partial charge in [-0.1, -0.05) is 0 Å². The number of hydrogen-bond acceptors (Lipinski definition) is 2. The van der Waals surface area contributed by atoms with E-state index in [1.54, 1.807) is 0 Å². The summed E-state index contributed by atoms with van der Waals surface area (Å²) < 4.78 is 0.393. The van der Waals surface area contributed by atoms with Gasteiger partial charge in [0.05, 0.1) is 6.54 Å². The van der Waals surface area contributed by atoms with Crippen LogP contribution in [0.3, 0.4) is 0 Å². The number of guanidine groups is 1. The van der Waals surface area contributed by atoms with Gasteiger partial charge in [0.25, 0.3) is 0 Å². The molecule has 0 radical (unpaired) electrons. The van der Waals surface area contributed by atoms with Gasteiger partial charge in [-0.2, -0.15) is 11.8 Å². The quantitative estimate of drug-likeness (QED) is 0.455. The first-order valence-electron chi connectivity index (χ1n) is 3.29. The lowest BCUT2D eigenvalue weighted by atomic mass is 10.4. The molecular weight excluding hydrogens is 146 g/mol. The van der Waals surface area contributed by atoms with Gasteiger partial charge in [0.1, 0.15) is 0 Å². The van der Waals surface area contributed by atoms with Crippen molar-refractivity contribution in [2.75, 3.05) is 12.8 Å². The number of aliphatic imine (C=N–C) groups is 1. The first kappa shape index (κ1) is 7.72. The molecule has 0 aromatic heterocycles. The highest BCUT2D eigenvalue weighted by Crippen LogP contribution is 2.47. The Bertz CT molecular complexity index is 147. The second-order valence-electron chi connectivity index (χ2n) is 2.63. The molecule has 1 aliphatic carbocycles. The lowest BCUT2D eigenvalue weighted by Crippen LogP contribution is -2.24. The number of thioether (sulfide) groups is 1. The fraction of sp³-hybridized carbons (Fsp3) is 0.833. The van der Waals surface area contributed by atoms with Crippen LogP contribution in [-0.2, 0) is 0 Å². The maximum absolute atomic E-state index is 5.20. The SMILES string of the molecule is CSC1(CN=C(N)N)CC1. The maximum atomic E-state index is 5.20. The van der Waals surface area contributed by atoms with Crippen molar-refractivity contribution >= 4 is 17.7 Å². The van der Waals surface area contributed by atoms with Crippen LogP contribution in [0.25, 0.3) is 0 Å². The average molecular weight is 159 g/mol. The third kappa shape index (κ3) is 1.80. The number of hydrogen-bond donors (Lipinski definition) is 2. The van der Waals surface area contributed by atoms with Crippen LogP contribution in [0.2, 0.25) is 0 Å². The maximum Gasteiger partial charge on any atom is 0.185 e. The molecule has 4 N–H and O–H groups in total. The second-order valence-corrected chi connectivity index (χ2v) is 3.90. The molecule has 0 bridgehead atoms. The Hall–Kier alpha value is -0.380. The van der Waals surface area contributed by atoms with Gasteiger partial charge in [-0.25, -0.2) is 0 Å². The van der Waals surface area contributed by atoms with Crippen LogP contribution in [0.4, 0.5) is 0 Å². The highest BCUT2D eigenvalue weighted by Gasteiger charge is 2.41. The molecule has 0 atom stereocenters. The summed E-state index contributed by atoms with van der Waals surface area (Å²) in [5.41, 5.74) is 10.4. The smallest absolute Gasteiger partial charge is 0.185 e. The normalized spacial score (nSPS) is 20.1. The van der Waals surface area contributed by atoms with Crippen LogP contribution in [0.5, 0.6) is 0 Å². The Morgan fingerprint density at radius 1 is 1.60 bits per heavy atom. The highest BCUT2D eigenvalue weighted by molar-refractivity contribution is 8.00. The Kier molecular flexibility index (Phi) is 2.08. The first-order valence-corrected chi connectivity index (χ1v) is 4.51. The van der Waals surface area contributed by atoms with Gasteiger partial charge in [0.15, 0.2) is 5.96 Å². The van der Waals surface area contributed by atoms with Crippen molar-refractivity contribution in [1.82, 2.24) is 0 Å². The van der Waals surface area contributed by atoms with Gasteiger partial charge in [0.2, 0.25) is 0 Å². The standard InChI is InChI=1S/C6H13N3S/c1-10-6(2-3-6)4-9-5(7)8/h2-4H2,1H3,(H4,7,8,9). The van der Waals surface area contributed by atoms with E-state index < -0.39 is 0 Å². The fourth-order valence-corrected chi connectivity index (χ4v) is 1.51. The zero-order valence-corrected chi connectivity index (χ0v) is 6.95. The number of rotatable bonds is 3. The summed E-state index contributed by atoms with van der Waals surface area (Å²) in [4.78, 5) is 3.98. The Morgan fingerprint density at radius 2 is 2.20 bits per heavy atom. The Balaban J connectivity index is 2.32. The molecule has 10 heavy (non-hydrogen) atoms. The molecular formula is C6H13N3S. The predicted molar refractivity (Wildman–Crippen MR) is 46.2 cm³/mol. The summed E-state index contributed by atoms with van der Waals surface area (Å²) >= 11 is 1.86. The number of nitrogens with zero attached hydrogens (tertiary/aromatic N) is 1.